The number of halogens is 1. The zero-order valence-electron chi connectivity index (χ0n) is 9.75. The van der Waals surface area contributed by atoms with Crippen LogP contribution in [0.25, 0.3) is 0 Å². The van der Waals surface area contributed by atoms with E-state index in [2.05, 4.69) is 28.9 Å². The fourth-order valence-corrected chi connectivity index (χ4v) is 2.82. The van der Waals surface area contributed by atoms with Crippen LogP contribution in [-0.2, 0) is 0 Å². The fraction of sp³-hybridized carbons (Fsp3) is 0.571. The quantitative estimate of drug-likeness (QED) is 0.854. The van der Waals surface area contributed by atoms with Gasteiger partial charge in [0, 0.05) is 4.47 Å². The van der Waals surface area contributed by atoms with Crippen LogP contribution in [0.4, 0.5) is 0 Å². The van der Waals surface area contributed by atoms with Gasteiger partial charge in [0.1, 0.15) is 0 Å². The molecule has 0 aromatic heterocycles. The molecule has 0 spiro atoms. The largest absolute Gasteiger partial charge is 0.388 e. The molecule has 0 heterocycles. The summed E-state index contributed by atoms with van der Waals surface area (Å²) in [6.45, 7) is 2.07. The van der Waals surface area contributed by atoms with E-state index in [0.29, 0.717) is 5.92 Å². The van der Waals surface area contributed by atoms with Crippen molar-refractivity contribution in [2.75, 3.05) is 0 Å². The highest BCUT2D eigenvalue weighted by Gasteiger charge is 2.23. The maximum absolute atomic E-state index is 10.3. The minimum absolute atomic E-state index is 0.271. The lowest BCUT2D eigenvalue weighted by atomic mass is 9.82. The summed E-state index contributed by atoms with van der Waals surface area (Å²) < 4.78 is 1.12. The molecule has 0 aliphatic heterocycles. The van der Waals surface area contributed by atoms with Crippen LogP contribution in [0.5, 0.6) is 0 Å². The minimum atomic E-state index is -0.271. The molecule has 16 heavy (non-hydrogen) atoms. The van der Waals surface area contributed by atoms with Gasteiger partial charge in [-0.2, -0.15) is 0 Å². The van der Waals surface area contributed by atoms with E-state index in [9.17, 15) is 5.11 Å². The van der Waals surface area contributed by atoms with Gasteiger partial charge in [-0.3, -0.25) is 0 Å². The van der Waals surface area contributed by atoms with Crippen LogP contribution < -0.4 is 0 Å². The first-order chi connectivity index (χ1) is 7.68. The smallest absolute Gasteiger partial charge is 0.0818 e. The van der Waals surface area contributed by atoms with E-state index >= 15 is 0 Å². The van der Waals surface area contributed by atoms with Crippen LogP contribution in [0.2, 0.25) is 0 Å². The summed E-state index contributed by atoms with van der Waals surface area (Å²) in [5.41, 5.74) is 2.28. The number of benzene rings is 1. The predicted molar refractivity (Wildman–Crippen MR) is 70.4 cm³/mol. The third kappa shape index (κ3) is 2.67. The topological polar surface area (TPSA) is 20.2 Å². The van der Waals surface area contributed by atoms with E-state index in [1.165, 1.54) is 37.7 Å². The van der Waals surface area contributed by atoms with Gasteiger partial charge in [-0.05, 0) is 42.9 Å². The Bertz CT molecular complexity index is 356. The van der Waals surface area contributed by atoms with Crippen LogP contribution in [0, 0.1) is 12.8 Å². The summed E-state index contributed by atoms with van der Waals surface area (Å²) in [5.74, 6) is 0.467. The van der Waals surface area contributed by atoms with E-state index in [-0.39, 0.29) is 6.10 Å². The monoisotopic (exact) mass is 282 g/mol. The molecule has 1 aliphatic rings. The van der Waals surface area contributed by atoms with Crippen molar-refractivity contribution in [3.8, 4) is 0 Å². The van der Waals surface area contributed by atoms with Gasteiger partial charge < -0.3 is 5.11 Å². The number of aliphatic hydroxyl groups excluding tert-OH is 1. The Labute approximate surface area is 106 Å². The van der Waals surface area contributed by atoms with Crippen molar-refractivity contribution in [2.45, 2.75) is 45.1 Å². The van der Waals surface area contributed by atoms with Gasteiger partial charge in [0.05, 0.1) is 6.10 Å². The average molecular weight is 283 g/mol. The zero-order chi connectivity index (χ0) is 11.5. The van der Waals surface area contributed by atoms with Gasteiger partial charge in [-0.25, -0.2) is 0 Å². The van der Waals surface area contributed by atoms with E-state index in [0.717, 1.165) is 10.0 Å². The molecular formula is C14H19BrO. The molecule has 2 heteroatoms. The van der Waals surface area contributed by atoms with E-state index in [1.54, 1.807) is 0 Å². The fourth-order valence-electron chi connectivity index (χ4n) is 2.57. The molecule has 0 bridgehead atoms. The third-order valence-corrected chi connectivity index (χ3v) is 4.51. The Morgan fingerprint density at radius 2 is 1.94 bits per heavy atom. The lowest BCUT2D eigenvalue weighted by Gasteiger charge is -2.27. The van der Waals surface area contributed by atoms with Gasteiger partial charge in [-0.15, -0.1) is 0 Å². The summed E-state index contributed by atoms with van der Waals surface area (Å²) in [4.78, 5) is 0. The first-order valence-corrected chi connectivity index (χ1v) is 6.92. The molecule has 1 fully saturated rings. The summed E-state index contributed by atoms with van der Waals surface area (Å²) in [6, 6.07) is 6.18. The van der Waals surface area contributed by atoms with Gasteiger partial charge >= 0.3 is 0 Å². The molecule has 2 rings (SSSR count). The first-order valence-electron chi connectivity index (χ1n) is 6.12. The normalized spacial score (nSPS) is 19.7. The van der Waals surface area contributed by atoms with Crippen molar-refractivity contribution < 1.29 is 5.11 Å². The van der Waals surface area contributed by atoms with Crippen LogP contribution in [0.3, 0.4) is 0 Å². The van der Waals surface area contributed by atoms with E-state index < -0.39 is 0 Å². The number of rotatable bonds is 2. The average Bonchev–Trinajstić information content (AvgIpc) is 2.33. The molecule has 1 aliphatic carbocycles. The molecule has 0 radical (unpaired) electrons. The van der Waals surface area contributed by atoms with Crippen molar-refractivity contribution in [2.24, 2.45) is 5.92 Å². The van der Waals surface area contributed by atoms with Crippen molar-refractivity contribution in [1.82, 2.24) is 0 Å². The zero-order valence-corrected chi connectivity index (χ0v) is 11.3. The second-order valence-corrected chi connectivity index (χ2v) is 5.71. The lowest BCUT2D eigenvalue weighted by molar-refractivity contribution is 0.0848. The summed E-state index contributed by atoms with van der Waals surface area (Å²) in [6.07, 6.45) is 5.97. The Kier molecular flexibility index (Phi) is 4.04. The second-order valence-electron chi connectivity index (χ2n) is 4.85. The Balaban J connectivity index is 2.12. The molecular weight excluding hydrogens is 264 g/mol. The predicted octanol–water partition coefficient (Wildman–Crippen LogP) is 4.37. The second kappa shape index (κ2) is 5.33. The molecule has 1 nitrogen and oxygen atoms in total. The Morgan fingerprint density at radius 3 is 2.56 bits per heavy atom. The molecule has 88 valence electrons. The molecule has 1 unspecified atom stereocenters. The highest BCUT2D eigenvalue weighted by molar-refractivity contribution is 9.10. The van der Waals surface area contributed by atoms with Crippen LogP contribution >= 0.6 is 15.9 Å². The first kappa shape index (κ1) is 12.1. The van der Waals surface area contributed by atoms with Gasteiger partial charge in [0.2, 0.25) is 0 Å². The van der Waals surface area contributed by atoms with Crippen molar-refractivity contribution >= 4 is 15.9 Å². The molecule has 0 amide bonds. The maximum Gasteiger partial charge on any atom is 0.0818 e. The molecule has 1 saturated carbocycles. The van der Waals surface area contributed by atoms with E-state index in [4.69, 9.17) is 0 Å². The SMILES string of the molecule is Cc1cc(C(O)C2CCCCC2)ccc1Br. The van der Waals surface area contributed by atoms with Crippen molar-refractivity contribution in [1.29, 1.82) is 0 Å². The number of hydrogen-bond donors (Lipinski definition) is 1. The summed E-state index contributed by atoms with van der Waals surface area (Å²) >= 11 is 3.49. The molecule has 1 N–H and O–H groups in total. The molecule has 1 aromatic rings. The molecule has 1 aromatic carbocycles. The van der Waals surface area contributed by atoms with E-state index in [1.807, 2.05) is 12.1 Å². The third-order valence-electron chi connectivity index (χ3n) is 3.62. The maximum atomic E-state index is 10.3. The Morgan fingerprint density at radius 1 is 1.25 bits per heavy atom. The number of hydrogen-bond acceptors (Lipinski definition) is 1. The minimum Gasteiger partial charge on any atom is -0.388 e. The lowest BCUT2D eigenvalue weighted by Crippen LogP contribution is -2.16. The van der Waals surface area contributed by atoms with Crippen molar-refractivity contribution in [3.63, 3.8) is 0 Å². The van der Waals surface area contributed by atoms with Crippen LogP contribution in [0.1, 0.15) is 49.3 Å². The van der Waals surface area contributed by atoms with Gasteiger partial charge in [0.25, 0.3) is 0 Å². The Hall–Kier alpha value is -0.340. The molecule has 0 saturated heterocycles. The van der Waals surface area contributed by atoms with Gasteiger partial charge in [-0.1, -0.05) is 47.3 Å². The highest BCUT2D eigenvalue weighted by Crippen LogP contribution is 2.35. The molecule has 1 atom stereocenters. The summed E-state index contributed by atoms with van der Waals surface area (Å²) in [7, 11) is 0. The van der Waals surface area contributed by atoms with Crippen LogP contribution in [0.15, 0.2) is 22.7 Å². The van der Waals surface area contributed by atoms with Crippen LogP contribution in [-0.4, -0.2) is 5.11 Å². The number of aliphatic hydroxyl groups is 1. The van der Waals surface area contributed by atoms with Crippen molar-refractivity contribution in [3.05, 3.63) is 33.8 Å². The number of aryl methyl sites for hydroxylation is 1. The van der Waals surface area contributed by atoms with Gasteiger partial charge in [0.15, 0.2) is 0 Å². The standard InChI is InChI=1S/C14H19BrO/c1-10-9-12(7-8-13(10)15)14(16)11-5-3-2-4-6-11/h7-9,11,14,16H,2-6H2,1H3. The highest BCUT2D eigenvalue weighted by atomic mass is 79.9. The summed E-state index contributed by atoms with van der Waals surface area (Å²) in [5, 5.41) is 10.3.